The summed E-state index contributed by atoms with van der Waals surface area (Å²) in [4.78, 5) is 31.4. The Kier molecular flexibility index (Phi) is 6.79. The fourth-order valence-electron chi connectivity index (χ4n) is 3.76. The van der Waals surface area contributed by atoms with Crippen LogP contribution in [-0.4, -0.2) is 38.1 Å². The van der Waals surface area contributed by atoms with E-state index < -0.39 is 5.92 Å². The molecule has 2 N–H and O–H groups in total. The average molecular weight is 468 g/mol. The molecule has 33 heavy (non-hydrogen) atoms. The average Bonchev–Trinajstić information content (AvgIpc) is 3.26. The topological polar surface area (TPSA) is 98.8 Å². The molecule has 4 rings (SSSR count). The van der Waals surface area contributed by atoms with Crippen LogP contribution in [-0.2, 0) is 11.2 Å². The normalized spacial score (nSPS) is 14.7. The molecule has 172 valence electrons. The fraction of sp³-hybridized carbons (Fsp3) is 0.292. The van der Waals surface area contributed by atoms with Gasteiger partial charge < -0.3 is 19.5 Å². The Balaban J connectivity index is 1.50. The van der Waals surface area contributed by atoms with Crippen molar-refractivity contribution in [1.29, 1.82) is 0 Å². The second-order valence-corrected chi connectivity index (χ2v) is 8.59. The smallest absolute Gasteiger partial charge is 0.257 e. The number of methoxy groups -OCH3 is 3. The molecule has 0 bridgehead atoms. The van der Waals surface area contributed by atoms with Gasteiger partial charge in [0, 0.05) is 16.5 Å². The summed E-state index contributed by atoms with van der Waals surface area (Å²) in [6, 6.07) is 12.1. The van der Waals surface area contributed by atoms with Crippen LogP contribution in [0.2, 0.25) is 0 Å². The Hall–Kier alpha value is -3.59. The third-order valence-corrected chi connectivity index (χ3v) is 6.56. The molecule has 3 aromatic rings. The minimum Gasteiger partial charge on any atom is -0.497 e. The zero-order chi connectivity index (χ0) is 23.4. The molecule has 1 heterocycles. The first-order valence-electron chi connectivity index (χ1n) is 10.5. The largest absolute Gasteiger partial charge is 0.497 e. The lowest BCUT2D eigenvalue weighted by molar-refractivity contribution is -0.118. The van der Waals surface area contributed by atoms with Crippen molar-refractivity contribution in [2.24, 2.45) is 0 Å². The highest BCUT2D eigenvalue weighted by Crippen LogP contribution is 2.38. The molecule has 1 atom stereocenters. The first kappa shape index (κ1) is 22.6. The van der Waals surface area contributed by atoms with Gasteiger partial charge in [0.25, 0.3) is 5.91 Å². The number of ether oxygens (including phenoxy) is 3. The Labute approximate surface area is 195 Å². The first-order chi connectivity index (χ1) is 16.0. The summed E-state index contributed by atoms with van der Waals surface area (Å²) in [6.45, 7) is 0. The molecular formula is C24H25N3O5S. The molecule has 0 radical (unpaired) electrons. The standard InChI is InChI=1S/C24H25N3O5S/c1-30-15-9-7-14(8-10-15)22(28)27-24-26-21-17(5-4-6-20(21)33-24)23(29)25-18-12-11-16(31-2)13-19(18)32-3/h7-13,17H,4-6H2,1-3H3,(H,25,29)(H,26,27,28). The van der Waals surface area contributed by atoms with Gasteiger partial charge in [0.2, 0.25) is 5.91 Å². The van der Waals surface area contributed by atoms with Gasteiger partial charge in [-0.3, -0.25) is 14.9 Å². The van der Waals surface area contributed by atoms with Crippen molar-refractivity contribution < 1.29 is 23.8 Å². The number of rotatable bonds is 7. The monoisotopic (exact) mass is 467 g/mol. The van der Waals surface area contributed by atoms with Crippen LogP contribution >= 0.6 is 11.3 Å². The van der Waals surface area contributed by atoms with Gasteiger partial charge in [-0.2, -0.15) is 0 Å². The van der Waals surface area contributed by atoms with Gasteiger partial charge in [-0.05, 0) is 55.7 Å². The van der Waals surface area contributed by atoms with E-state index in [0.717, 1.165) is 23.4 Å². The van der Waals surface area contributed by atoms with Crippen molar-refractivity contribution in [1.82, 2.24) is 4.98 Å². The van der Waals surface area contributed by atoms with Gasteiger partial charge in [-0.15, -0.1) is 11.3 Å². The number of carbonyl (C=O) groups is 2. The zero-order valence-electron chi connectivity index (χ0n) is 18.6. The highest BCUT2D eigenvalue weighted by atomic mass is 32.1. The molecule has 0 fully saturated rings. The van der Waals surface area contributed by atoms with Gasteiger partial charge in [0.15, 0.2) is 5.13 Å². The van der Waals surface area contributed by atoms with Crippen molar-refractivity contribution >= 4 is 34.0 Å². The molecule has 1 aliphatic rings. The number of thiazole rings is 1. The quantitative estimate of drug-likeness (QED) is 0.532. The van der Waals surface area contributed by atoms with Gasteiger partial charge in [0.1, 0.15) is 17.2 Å². The van der Waals surface area contributed by atoms with Crippen LogP contribution < -0.4 is 24.8 Å². The van der Waals surface area contributed by atoms with Crippen LogP contribution in [0.5, 0.6) is 17.2 Å². The molecule has 0 spiro atoms. The Morgan fingerprint density at radius 1 is 0.970 bits per heavy atom. The highest BCUT2D eigenvalue weighted by Gasteiger charge is 2.31. The Morgan fingerprint density at radius 3 is 2.39 bits per heavy atom. The number of aryl methyl sites for hydroxylation is 1. The summed E-state index contributed by atoms with van der Waals surface area (Å²) in [7, 11) is 4.69. The zero-order valence-corrected chi connectivity index (χ0v) is 19.5. The van der Waals surface area contributed by atoms with Crippen LogP contribution in [0, 0.1) is 0 Å². The van der Waals surface area contributed by atoms with E-state index in [1.807, 2.05) is 0 Å². The third kappa shape index (κ3) is 4.93. The van der Waals surface area contributed by atoms with Crippen molar-refractivity contribution in [3.8, 4) is 17.2 Å². The number of fused-ring (bicyclic) bond motifs is 1. The molecule has 0 aliphatic heterocycles. The van der Waals surface area contributed by atoms with Crippen molar-refractivity contribution in [2.45, 2.75) is 25.2 Å². The maximum atomic E-state index is 13.1. The number of carbonyl (C=O) groups excluding carboxylic acids is 2. The minimum absolute atomic E-state index is 0.155. The number of aromatic nitrogens is 1. The van der Waals surface area contributed by atoms with E-state index in [2.05, 4.69) is 15.6 Å². The Morgan fingerprint density at radius 2 is 1.70 bits per heavy atom. The number of hydrogen-bond acceptors (Lipinski definition) is 7. The lowest BCUT2D eigenvalue weighted by atomic mass is 9.90. The lowest BCUT2D eigenvalue weighted by Gasteiger charge is -2.21. The van der Waals surface area contributed by atoms with E-state index in [1.54, 1.807) is 63.8 Å². The number of nitrogens with one attached hydrogen (secondary N) is 2. The molecule has 0 saturated heterocycles. The molecule has 2 aromatic carbocycles. The third-order valence-electron chi connectivity index (χ3n) is 5.51. The van der Waals surface area contributed by atoms with E-state index in [1.165, 1.54) is 11.3 Å². The minimum atomic E-state index is -0.400. The van der Waals surface area contributed by atoms with Gasteiger partial charge >= 0.3 is 0 Å². The molecule has 1 aliphatic carbocycles. The van der Waals surface area contributed by atoms with Crippen molar-refractivity contribution in [3.05, 3.63) is 58.6 Å². The number of nitrogens with zero attached hydrogens (tertiary/aromatic N) is 1. The fourth-order valence-corrected chi connectivity index (χ4v) is 4.82. The molecule has 1 aromatic heterocycles. The van der Waals surface area contributed by atoms with Gasteiger partial charge in [-0.1, -0.05) is 0 Å². The summed E-state index contributed by atoms with van der Waals surface area (Å²) in [5.74, 6) is 1.03. The summed E-state index contributed by atoms with van der Waals surface area (Å²) in [5, 5.41) is 6.30. The van der Waals surface area contributed by atoms with E-state index in [-0.39, 0.29) is 11.8 Å². The van der Waals surface area contributed by atoms with Crippen LogP contribution in [0.25, 0.3) is 0 Å². The number of benzene rings is 2. The number of anilines is 2. The molecular weight excluding hydrogens is 442 g/mol. The van der Waals surface area contributed by atoms with Gasteiger partial charge in [-0.25, -0.2) is 4.98 Å². The van der Waals surface area contributed by atoms with Crippen molar-refractivity contribution in [3.63, 3.8) is 0 Å². The van der Waals surface area contributed by atoms with Gasteiger partial charge in [0.05, 0.1) is 38.6 Å². The van der Waals surface area contributed by atoms with Crippen LogP contribution in [0.4, 0.5) is 10.8 Å². The second kappa shape index (κ2) is 9.91. The van der Waals surface area contributed by atoms with Crippen molar-refractivity contribution in [2.75, 3.05) is 32.0 Å². The molecule has 1 unspecified atom stereocenters. The van der Waals surface area contributed by atoms with E-state index >= 15 is 0 Å². The summed E-state index contributed by atoms with van der Waals surface area (Å²) in [5.41, 5.74) is 1.80. The van der Waals surface area contributed by atoms with Crippen LogP contribution in [0.15, 0.2) is 42.5 Å². The highest BCUT2D eigenvalue weighted by molar-refractivity contribution is 7.16. The Bertz CT molecular complexity index is 1160. The maximum Gasteiger partial charge on any atom is 0.257 e. The molecule has 8 nitrogen and oxygen atoms in total. The summed E-state index contributed by atoms with van der Waals surface area (Å²) >= 11 is 1.42. The van der Waals surface area contributed by atoms with E-state index in [0.29, 0.717) is 40.1 Å². The first-order valence-corrected chi connectivity index (χ1v) is 11.3. The molecule has 9 heteroatoms. The summed E-state index contributed by atoms with van der Waals surface area (Å²) < 4.78 is 15.7. The predicted octanol–water partition coefficient (Wildman–Crippen LogP) is 4.48. The van der Waals surface area contributed by atoms with E-state index in [9.17, 15) is 9.59 Å². The molecule has 0 saturated carbocycles. The number of hydrogen-bond donors (Lipinski definition) is 2. The van der Waals surface area contributed by atoms with Crippen LogP contribution in [0.1, 0.15) is 39.7 Å². The number of amides is 2. The second-order valence-electron chi connectivity index (χ2n) is 7.51. The molecule has 2 amide bonds. The van der Waals surface area contributed by atoms with Crippen LogP contribution in [0.3, 0.4) is 0 Å². The van der Waals surface area contributed by atoms with E-state index in [4.69, 9.17) is 14.2 Å². The maximum absolute atomic E-state index is 13.1. The predicted molar refractivity (Wildman–Crippen MR) is 127 cm³/mol. The summed E-state index contributed by atoms with van der Waals surface area (Å²) in [6.07, 6.45) is 2.40. The lowest BCUT2D eigenvalue weighted by Crippen LogP contribution is -2.25. The SMILES string of the molecule is COc1ccc(C(=O)Nc2nc3c(s2)CCCC3C(=O)Nc2ccc(OC)cc2OC)cc1.